The van der Waals surface area contributed by atoms with Crippen molar-refractivity contribution in [2.75, 3.05) is 38.8 Å². The van der Waals surface area contributed by atoms with Gasteiger partial charge in [-0.15, -0.1) is 0 Å². The van der Waals surface area contributed by atoms with Crippen LogP contribution in [-0.2, 0) is 36.1 Å². The molecule has 1 fully saturated rings. The number of hydrogen-bond donors (Lipinski definition) is 1. The number of nitrogens with one attached hydrogen (secondary N) is 1. The van der Waals surface area contributed by atoms with Crippen molar-refractivity contribution < 1.29 is 32.2 Å². The van der Waals surface area contributed by atoms with Gasteiger partial charge >= 0.3 is 5.97 Å². The summed E-state index contributed by atoms with van der Waals surface area (Å²) in [4.78, 5) is 28.0. The van der Waals surface area contributed by atoms with Crippen LogP contribution >= 0.6 is 11.6 Å². The van der Waals surface area contributed by atoms with Gasteiger partial charge in [0.15, 0.2) is 0 Å². The predicted octanol–water partition coefficient (Wildman–Crippen LogP) is 5.20. The minimum Gasteiger partial charge on any atom is -0.490 e. The summed E-state index contributed by atoms with van der Waals surface area (Å²) in [5.41, 5.74) is 3.20. The predicted molar refractivity (Wildman–Crippen MR) is 172 cm³/mol. The van der Waals surface area contributed by atoms with Gasteiger partial charge in [-0.2, -0.15) is 0 Å². The minimum atomic E-state index is -4.20. The van der Waals surface area contributed by atoms with Crippen LogP contribution in [0.2, 0.25) is 5.02 Å². The molecule has 1 saturated carbocycles. The average Bonchev–Trinajstić information content (AvgIpc) is 3.15. The molecule has 6 rings (SSSR count). The third kappa shape index (κ3) is 6.46. The Balaban J connectivity index is 1.41. The first kappa shape index (κ1) is 31.9. The number of allylic oxidation sites excluding steroid dienone is 1. The molecular weight excluding hydrogens is 616 g/mol. The molecule has 2 aliphatic carbocycles. The first-order valence-corrected chi connectivity index (χ1v) is 17.7. The van der Waals surface area contributed by atoms with Crippen molar-refractivity contribution in [1.29, 1.82) is 0 Å². The van der Waals surface area contributed by atoms with Gasteiger partial charge in [0.2, 0.25) is 10.0 Å². The number of hydrogen-bond acceptors (Lipinski definition) is 8. The summed E-state index contributed by atoms with van der Waals surface area (Å²) in [7, 11) is -1.27. The highest BCUT2D eigenvalue weighted by Gasteiger charge is 2.44. The number of ether oxygens (including phenoxy) is 3. The summed E-state index contributed by atoms with van der Waals surface area (Å²) >= 11 is 6.40. The van der Waals surface area contributed by atoms with Gasteiger partial charge in [0.1, 0.15) is 5.75 Å². The lowest BCUT2D eigenvalue weighted by Crippen LogP contribution is -2.49. The Morgan fingerprint density at radius 2 is 2.00 bits per heavy atom. The van der Waals surface area contributed by atoms with Crippen LogP contribution in [0.4, 0.5) is 5.69 Å². The zero-order chi connectivity index (χ0) is 31.8. The number of fused-ring (bicyclic) bond motifs is 4. The molecular formula is C34H41ClN2O7S. The van der Waals surface area contributed by atoms with Gasteiger partial charge in [-0.3, -0.25) is 9.59 Å². The van der Waals surface area contributed by atoms with Crippen LogP contribution in [0.3, 0.4) is 0 Å². The van der Waals surface area contributed by atoms with E-state index < -0.39 is 27.1 Å². The van der Waals surface area contributed by atoms with E-state index in [1.165, 1.54) is 18.2 Å². The van der Waals surface area contributed by atoms with Crippen molar-refractivity contribution in [3.05, 3.63) is 70.3 Å². The molecule has 4 aliphatic rings. The largest absolute Gasteiger partial charge is 0.490 e. The molecule has 0 aromatic heterocycles. The fraction of sp³-hybridized carbons (Fsp3) is 0.529. The van der Waals surface area contributed by atoms with Crippen molar-refractivity contribution in [3.8, 4) is 5.75 Å². The molecule has 242 valence electrons. The molecule has 2 bridgehead atoms. The van der Waals surface area contributed by atoms with Gasteiger partial charge in [-0.05, 0) is 98.2 Å². The highest BCUT2D eigenvalue weighted by Crippen LogP contribution is 2.47. The molecule has 45 heavy (non-hydrogen) atoms. The fourth-order valence-electron chi connectivity index (χ4n) is 7.61. The standard InChI is InChI=1S/C34H41ClN2O7S/c1-42-30-8-4-3-7-26(18-32(38)43-2)45(40,41)36-33(39)23-10-14-31-29(17-23)37(19-24-9-12-27(24)30)20-34(21-44-31)15-5-6-22-16-25(35)11-13-28(22)34/h4,8,10-11,13-14,16-17,24,26-27,30H,3,5-7,9,12,15,18-21H2,1-2H3,(H,36,39)/b8-4+/t24-,26+,27+,30-,34-/m0/s1. The topological polar surface area (TPSA) is 111 Å². The quantitative estimate of drug-likeness (QED) is 0.355. The first-order chi connectivity index (χ1) is 21.6. The maximum absolute atomic E-state index is 13.5. The summed E-state index contributed by atoms with van der Waals surface area (Å²) in [5.74, 6) is -0.0829. The summed E-state index contributed by atoms with van der Waals surface area (Å²) in [5, 5.41) is -0.409. The number of benzene rings is 2. The number of anilines is 1. The van der Waals surface area contributed by atoms with Gasteiger partial charge in [0, 0.05) is 36.2 Å². The first-order valence-electron chi connectivity index (χ1n) is 15.8. The lowest BCUT2D eigenvalue weighted by molar-refractivity contribution is -0.140. The third-order valence-corrected chi connectivity index (χ3v) is 12.2. The van der Waals surface area contributed by atoms with Gasteiger partial charge in [-0.1, -0.05) is 29.8 Å². The number of rotatable bonds is 3. The van der Waals surface area contributed by atoms with Crippen molar-refractivity contribution >= 4 is 39.2 Å². The maximum atomic E-state index is 13.5. The fourth-order valence-corrected chi connectivity index (χ4v) is 9.15. The van der Waals surface area contributed by atoms with Crippen LogP contribution in [0.5, 0.6) is 5.75 Å². The summed E-state index contributed by atoms with van der Waals surface area (Å²) in [6.45, 7) is 1.93. The molecule has 2 aromatic carbocycles. The van der Waals surface area contributed by atoms with Crippen LogP contribution in [0, 0.1) is 11.8 Å². The van der Waals surface area contributed by atoms with E-state index in [4.69, 9.17) is 25.8 Å². The number of amides is 1. The van der Waals surface area contributed by atoms with E-state index in [2.05, 4.69) is 21.8 Å². The van der Waals surface area contributed by atoms with Gasteiger partial charge in [0.25, 0.3) is 5.91 Å². The Labute approximate surface area is 270 Å². The molecule has 0 radical (unpaired) electrons. The number of carbonyl (C=O) groups is 2. The highest BCUT2D eigenvalue weighted by atomic mass is 35.5. The molecule has 0 unspecified atom stereocenters. The van der Waals surface area contributed by atoms with E-state index in [0.29, 0.717) is 37.2 Å². The second kappa shape index (κ2) is 13.0. The Kier molecular flexibility index (Phi) is 9.19. The molecule has 1 N–H and O–H groups in total. The number of sulfonamides is 1. The Bertz CT molecular complexity index is 1590. The van der Waals surface area contributed by atoms with Crippen LogP contribution in [0.25, 0.3) is 0 Å². The number of halogens is 1. The lowest BCUT2D eigenvalue weighted by atomic mass is 9.68. The molecule has 11 heteroatoms. The van der Waals surface area contributed by atoms with E-state index in [1.54, 1.807) is 25.3 Å². The lowest BCUT2D eigenvalue weighted by Gasteiger charge is -2.46. The van der Waals surface area contributed by atoms with Crippen molar-refractivity contribution in [3.63, 3.8) is 0 Å². The second-order valence-corrected chi connectivity index (χ2v) is 15.3. The average molecular weight is 657 g/mol. The van der Waals surface area contributed by atoms with Crippen LogP contribution in [0.1, 0.15) is 66.4 Å². The Hall–Kier alpha value is -3.08. The van der Waals surface area contributed by atoms with E-state index in [-0.39, 0.29) is 29.9 Å². The number of esters is 1. The summed E-state index contributed by atoms with van der Waals surface area (Å²) in [6.07, 6.45) is 9.05. The zero-order valence-electron chi connectivity index (χ0n) is 25.8. The monoisotopic (exact) mass is 656 g/mol. The molecule has 2 heterocycles. The SMILES string of the molecule is COC(=O)C[C@H]1CC/C=C/[C@H](OC)[C@@H]2CC[C@H]2CN2C[C@@]3(CCCc4cc(Cl)ccc43)COc3ccc(cc32)C(=O)NS1(=O)=O. The van der Waals surface area contributed by atoms with E-state index in [0.717, 1.165) is 49.4 Å². The molecule has 2 aromatic rings. The van der Waals surface area contributed by atoms with E-state index in [9.17, 15) is 18.0 Å². The van der Waals surface area contributed by atoms with Crippen molar-refractivity contribution in [1.82, 2.24) is 4.72 Å². The van der Waals surface area contributed by atoms with Crippen LogP contribution < -0.4 is 14.4 Å². The summed E-state index contributed by atoms with van der Waals surface area (Å²) < 4.78 is 46.4. The highest BCUT2D eigenvalue weighted by molar-refractivity contribution is 7.90. The number of carbonyl (C=O) groups excluding carboxylic acids is 2. The Morgan fingerprint density at radius 1 is 1.16 bits per heavy atom. The number of methoxy groups -OCH3 is 2. The smallest absolute Gasteiger partial charge is 0.306 e. The number of aryl methyl sites for hydroxylation is 1. The van der Waals surface area contributed by atoms with Crippen LogP contribution in [0.15, 0.2) is 48.6 Å². The van der Waals surface area contributed by atoms with Gasteiger partial charge < -0.3 is 19.1 Å². The molecule has 1 spiro atoms. The Morgan fingerprint density at radius 3 is 2.76 bits per heavy atom. The number of nitrogens with zero attached hydrogens (tertiary/aromatic N) is 1. The van der Waals surface area contributed by atoms with Gasteiger partial charge in [0.05, 0.1) is 37.2 Å². The van der Waals surface area contributed by atoms with Crippen molar-refractivity contribution in [2.24, 2.45) is 11.8 Å². The molecule has 0 saturated heterocycles. The van der Waals surface area contributed by atoms with Crippen molar-refractivity contribution in [2.45, 2.75) is 68.1 Å². The zero-order valence-corrected chi connectivity index (χ0v) is 27.4. The molecule has 5 atom stereocenters. The normalized spacial score (nSPS) is 30.0. The molecule has 2 aliphatic heterocycles. The third-order valence-electron chi connectivity index (χ3n) is 10.2. The van der Waals surface area contributed by atoms with Gasteiger partial charge in [-0.25, -0.2) is 13.1 Å². The van der Waals surface area contributed by atoms with E-state index >= 15 is 0 Å². The van der Waals surface area contributed by atoms with E-state index in [1.807, 2.05) is 18.2 Å². The molecule has 1 amide bonds. The minimum absolute atomic E-state index is 0.118. The maximum Gasteiger partial charge on any atom is 0.306 e. The molecule has 9 nitrogen and oxygen atoms in total. The summed E-state index contributed by atoms with van der Waals surface area (Å²) in [6, 6.07) is 11.3. The van der Waals surface area contributed by atoms with Crippen LogP contribution in [-0.4, -0.2) is 65.6 Å². The second-order valence-electron chi connectivity index (χ2n) is 12.9.